The minimum absolute atomic E-state index is 0.00283. The molecule has 1 amide bonds. The van der Waals surface area contributed by atoms with Crippen molar-refractivity contribution in [3.63, 3.8) is 0 Å². The van der Waals surface area contributed by atoms with Crippen LogP contribution >= 0.6 is 0 Å². The Kier molecular flexibility index (Phi) is 4.80. The number of benzene rings is 1. The van der Waals surface area contributed by atoms with Crippen LogP contribution in [0.15, 0.2) is 67.3 Å². The van der Waals surface area contributed by atoms with Gasteiger partial charge in [0.2, 0.25) is 5.91 Å². The van der Waals surface area contributed by atoms with E-state index in [1.54, 1.807) is 12.4 Å². The van der Waals surface area contributed by atoms with Crippen molar-refractivity contribution < 1.29 is 9.53 Å². The maximum atomic E-state index is 12.9. The number of hydrogen-bond donors (Lipinski definition) is 2. The van der Waals surface area contributed by atoms with Crippen molar-refractivity contribution in [2.24, 2.45) is 0 Å². The van der Waals surface area contributed by atoms with Crippen LogP contribution in [0.25, 0.3) is 22.4 Å². The van der Waals surface area contributed by atoms with Crippen molar-refractivity contribution in [1.29, 1.82) is 0 Å². The lowest BCUT2D eigenvalue weighted by molar-refractivity contribution is -0.119. The SMILES string of the molecule is O=C(CC1(n2cccc2)CCOCC1)Nc1ccc2nc(-c3cccnc3)[nH]c2c1. The van der Waals surface area contributed by atoms with E-state index in [4.69, 9.17) is 4.74 Å². The van der Waals surface area contributed by atoms with Gasteiger partial charge in [0, 0.05) is 49.3 Å². The number of pyridine rings is 1. The molecule has 4 heterocycles. The molecule has 0 saturated carbocycles. The number of hydrogen-bond acceptors (Lipinski definition) is 4. The van der Waals surface area contributed by atoms with Crippen LogP contribution in [0.4, 0.5) is 5.69 Å². The summed E-state index contributed by atoms with van der Waals surface area (Å²) in [4.78, 5) is 25.0. The first-order valence-electron chi connectivity index (χ1n) is 10.1. The number of nitrogens with zero attached hydrogens (tertiary/aromatic N) is 3. The molecule has 3 aromatic heterocycles. The maximum Gasteiger partial charge on any atom is 0.226 e. The van der Waals surface area contributed by atoms with Crippen molar-refractivity contribution >= 4 is 22.6 Å². The second kappa shape index (κ2) is 7.76. The Morgan fingerprint density at radius 2 is 2.00 bits per heavy atom. The number of fused-ring (bicyclic) bond motifs is 1. The van der Waals surface area contributed by atoms with Crippen LogP contribution in [0.2, 0.25) is 0 Å². The Hall–Kier alpha value is -3.45. The summed E-state index contributed by atoms with van der Waals surface area (Å²) in [6, 6.07) is 13.6. The molecule has 1 aliphatic rings. The van der Waals surface area contributed by atoms with Crippen LogP contribution in [0.3, 0.4) is 0 Å². The van der Waals surface area contributed by atoms with Crippen molar-refractivity contribution in [3.8, 4) is 11.4 Å². The summed E-state index contributed by atoms with van der Waals surface area (Å²) in [6.45, 7) is 1.34. The van der Waals surface area contributed by atoms with Gasteiger partial charge in [-0.25, -0.2) is 4.98 Å². The summed E-state index contributed by atoms with van der Waals surface area (Å²) in [7, 11) is 0. The van der Waals surface area contributed by atoms with Gasteiger partial charge >= 0.3 is 0 Å². The van der Waals surface area contributed by atoms with E-state index in [1.807, 2.05) is 54.9 Å². The molecular weight excluding hydrogens is 378 g/mol. The number of amides is 1. The molecule has 1 fully saturated rings. The minimum atomic E-state index is -0.239. The zero-order valence-electron chi connectivity index (χ0n) is 16.5. The molecule has 5 rings (SSSR count). The highest BCUT2D eigenvalue weighted by molar-refractivity contribution is 5.94. The molecule has 30 heavy (non-hydrogen) atoms. The molecule has 152 valence electrons. The fraction of sp³-hybridized carbons (Fsp3) is 0.261. The first-order valence-corrected chi connectivity index (χ1v) is 10.1. The lowest BCUT2D eigenvalue weighted by Crippen LogP contribution is -2.42. The number of carbonyl (C=O) groups is 1. The summed E-state index contributed by atoms with van der Waals surface area (Å²) < 4.78 is 7.71. The number of ether oxygens (including phenoxy) is 1. The molecule has 0 spiro atoms. The Bertz CT molecular complexity index is 1150. The van der Waals surface area contributed by atoms with E-state index in [0.717, 1.165) is 41.0 Å². The lowest BCUT2D eigenvalue weighted by atomic mass is 9.86. The molecule has 1 saturated heterocycles. The van der Waals surface area contributed by atoms with Crippen molar-refractivity contribution in [3.05, 3.63) is 67.3 Å². The van der Waals surface area contributed by atoms with Gasteiger partial charge in [-0.05, 0) is 55.3 Å². The van der Waals surface area contributed by atoms with E-state index >= 15 is 0 Å². The highest BCUT2D eigenvalue weighted by Crippen LogP contribution is 2.33. The second-order valence-corrected chi connectivity index (χ2v) is 7.71. The first kappa shape index (κ1) is 18.6. The third-order valence-electron chi connectivity index (χ3n) is 5.77. The summed E-state index contributed by atoms with van der Waals surface area (Å²) in [6.07, 6.45) is 9.64. The number of aromatic nitrogens is 4. The summed E-state index contributed by atoms with van der Waals surface area (Å²) in [5.74, 6) is 0.757. The predicted octanol–water partition coefficient (Wildman–Crippen LogP) is 3.96. The van der Waals surface area contributed by atoms with Crippen LogP contribution in [0.1, 0.15) is 19.3 Å². The van der Waals surface area contributed by atoms with Crippen molar-refractivity contribution in [2.75, 3.05) is 18.5 Å². The van der Waals surface area contributed by atoms with Crippen molar-refractivity contribution in [1.82, 2.24) is 19.5 Å². The van der Waals surface area contributed by atoms with Gasteiger partial charge in [-0.15, -0.1) is 0 Å². The topological polar surface area (TPSA) is 84.8 Å². The quantitative estimate of drug-likeness (QED) is 0.530. The van der Waals surface area contributed by atoms with Crippen LogP contribution in [0, 0.1) is 0 Å². The highest BCUT2D eigenvalue weighted by atomic mass is 16.5. The van der Waals surface area contributed by atoms with E-state index in [0.29, 0.717) is 19.6 Å². The van der Waals surface area contributed by atoms with Crippen molar-refractivity contribution in [2.45, 2.75) is 24.8 Å². The molecule has 0 radical (unpaired) electrons. The van der Waals surface area contributed by atoms with Gasteiger partial charge in [0.25, 0.3) is 0 Å². The number of H-pyrrole nitrogens is 1. The molecule has 0 atom stereocenters. The molecule has 1 aliphatic heterocycles. The van der Waals surface area contributed by atoms with Gasteiger partial charge in [-0.3, -0.25) is 9.78 Å². The normalized spacial score (nSPS) is 15.9. The molecule has 7 nitrogen and oxygen atoms in total. The fourth-order valence-corrected chi connectivity index (χ4v) is 4.16. The fourth-order valence-electron chi connectivity index (χ4n) is 4.16. The third-order valence-corrected chi connectivity index (χ3v) is 5.77. The summed E-state index contributed by atoms with van der Waals surface area (Å²) in [5, 5.41) is 3.06. The van der Waals surface area contributed by atoms with Gasteiger partial charge in [0.15, 0.2) is 0 Å². The van der Waals surface area contributed by atoms with Crippen LogP contribution in [0.5, 0.6) is 0 Å². The van der Waals surface area contributed by atoms with E-state index in [1.165, 1.54) is 0 Å². The second-order valence-electron chi connectivity index (χ2n) is 7.71. The number of aromatic amines is 1. The van der Waals surface area contributed by atoms with Gasteiger partial charge < -0.3 is 19.6 Å². The lowest BCUT2D eigenvalue weighted by Gasteiger charge is -2.38. The van der Waals surface area contributed by atoms with Gasteiger partial charge in [0.05, 0.1) is 23.0 Å². The Morgan fingerprint density at radius 1 is 1.17 bits per heavy atom. The van der Waals surface area contributed by atoms with Gasteiger partial charge in [-0.2, -0.15) is 0 Å². The largest absolute Gasteiger partial charge is 0.381 e. The number of imidazole rings is 1. The Labute approximate surface area is 174 Å². The molecule has 0 aliphatic carbocycles. The van der Waals surface area contributed by atoms with Crippen LogP contribution < -0.4 is 5.32 Å². The monoisotopic (exact) mass is 401 g/mol. The number of nitrogens with one attached hydrogen (secondary N) is 2. The minimum Gasteiger partial charge on any atom is -0.381 e. The number of rotatable bonds is 5. The zero-order valence-corrected chi connectivity index (χ0v) is 16.5. The maximum absolute atomic E-state index is 12.9. The molecule has 0 unspecified atom stereocenters. The molecule has 0 bridgehead atoms. The van der Waals surface area contributed by atoms with Gasteiger partial charge in [0.1, 0.15) is 5.82 Å². The average molecular weight is 401 g/mol. The molecule has 1 aromatic carbocycles. The number of carbonyl (C=O) groups excluding carboxylic acids is 1. The molecule has 2 N–H and O–H groups in total. The molecule has 7 heteroatoms. The summed E-state index contributed by atoms with van der Waals surface area (Å²) in [5.41, 5.74) is 3.16. The number of anilines is 1. The predicted molar refractivity (Wildman–Crippen MR) is 115 cm³/mol. The standard InChI is InChI=1S/C23H23N5O2/c29-21(15-23(7-12-30-13-8-23)28-10-1-2-11-28)25-18-5-6-19-20(14-18)27-22(26-19)17-4-3-9-24-16-17/h1-6,9-11,14,16H,7-8,12-13,15H2,(H,25,29)(H,26,27). The van der Waals surface area contributed by atoms with Crippen LogP contribution in [-0.4, -0.2) is 38.6 Å². The Morgan fingerprint density at radius 3 is 2.77 bits per heavy atom. The van der Waals surface area contributed by atoms with E-state index < -0.39 is 0 Å². The highest BCUT2D eigenvalue weighted by Gasteiger charge is 2.36. The Balaban J connectivity index is 1.35. The van der Waals surface area contributed by atoms with E-state index in [9.17, 15) is 4.79 Å². The van der Waals surface area contributed by atoms with Crippen LogP contribution in [-0.2, 0) is 15.1 Å². The average Bonchev–Trinajstić information content (AvgIpc) is 3.45. The van der Waals surface area contributed by atoms with E-state index in [-0.39, 0.29) is 11.4 Å². The third kappa shape index (κ3) is 3.59. The smallest absolute Gasteiger partial charge is 0.226 e. The van der Waals surface area contributed by atoms with Gasteiger partial charge in [-0.1, -0.05) is 0 Å². The zero-order chi connectivity index (χ0) is 20.4. The summed E-state index contributed by atoms with van der Waals surface area (Å²) >= 11 is 0. The first-order chi connectivity index (χ1) is 14.7. The van der Waals surface area contributed by atoms with E-state index in [2.05, 4.69) is 24.8 Å². The molecular formula is C23H23N5O2. The molecule has 4 aromatic rings.